The molecule has 6 heteroatoms. The van der Waals surface area contributed by atoms with Gasteiger partial charge in [-0.25, -0.2) is 0 Å². The van der Waals surface area contributed by atoms with Crippen LogP contribution in [0.3, 0.4) is 0 Å². The van der Waals surface area contributed by atoms with Gasteiger partial charge in [-0.15, -0.1) is 0 Å². The number of nitrogens with one attached hydrogen (secondary N) is 1. The maximum atomic E-state index is 12.2. The monoisotopic (exact) mass is 411 g/mol. The predicted molar refractivity (Wildman–Crippen MR) is 112 cm³/mol. The van der Waals surface area contributed by atoms with E-state index in [9.17, 15) is 4.79 Å². The van der Waals surface area contributed by atoms with Crippen molar-refractivity contribution in [3.05, 3.63) is 63.1 Å². The molecular formula is C20H23Cl2NO2S. The number of halogens is 2. The summed E-state index contributed by atoms with van der Waals surface area (Å²) >= 11 is 13.7. The number of carbonyl (C=O) groups is 1. The van der Waals surface area contributed by atoms with Crippen molar-refractivity contribution in [2.45, 2.75) is 32.6 Å². The highest BCUT2D eigenvalue weighted by atomic mass is 35.5. The van der Waals surface area contributed by atoms with Gasteiger partial charge in [0, 0.05) is 28.1 Å². The summed E-state index contributed by atoms with van der Waals surface area (Å²) in [5.74, 6) is 2.21. The van der Waals surface area contributed by atoms with Gasteiger partial charge in [-0.2, -0.15) is 11.8 Å². The highest BCUT2D eigenvalue weighted by Gasteiger charge is 2.15. The zero-order chi connectivity index (χ0) is 19.1. The summed E-state index contributed by atoms with van der Waals surface area (Å²) in [5, 5.41) is 4.21. The summed E-state index contributed by atoms with van der Waals surface area (Å²) in [4.78, 5) is 12.2. The molecule has 140 valence electrons. The third-order valence-electron chi connectivity index (χ3n) is 4.05. The van der Waals surface area contributed by atoms with Crippen molar-refractivity contribution >= 4 is 40.9 Å². The van der Waals surface area contributed by atoms with E-state index >= 15 is 0 Å². The fourth-order valence-corrected chi connectivity index (χ4v) is 3.72. The van der Waals surface area contributed by atoms with E-state index in [0.717, 1.165) is 33.9 Å². The fourth-order valence-electron chi connectivity index (χ4n) is 2.31. The number of hydrogen-bond donors (Lipinski definition) is 1. The molecule has 0 saturated heterocycles. The molecule has 26 heavy (non-hydrogen) atoms. The van der Waals surface area contributed by atoms with Crippen LogP contribution in [-0.4, -0.2) is 24.3 Å². The van der Waals surface area contributed by atoms with Crippen molar-refractivity contribution in [1.29, 1.82) is 0 Å². The van der Waals surface area contributed by atoms with Crippen LogP contribution in [0.25, 0.3) is 0 Å². The first kappa shape index (κ1) is 20.9. The smallest absolute Gasteiger partial charge is 0.260 e. The van der Waals surface area contributed by atoms with Gasteiger partial charge < -0.3 is 10.1 Å². The Kier molecular flexibility index (Phi) is 8.14. The van der Waals surface area contributed by atoms with Gasteiger partial charge >= 0.3 is 0 Å². The predicted octanol–water partition coefficient (Wildman–Crippen LogP) is 5.43. The van der Waals surface area contributed by atoms with Crippen molar-refractivity contribution in [1.82, 2.24) is 5.32 Å². The van der Waals surface area contributed by atoms with Gasteiger partial charge in [-0.1, -0.05) is 41.4 Å². The molecule has 0 aliphatic rings. The fraction of sp³-hybridized carbons (Fsp3) is 0.350. The standard InChI is InChI=1S/C20H23Cl2NO2S/c1-13-5-4-6-19(14(13)2)25-15(3)20(24)23-9-10-26-12-16-7-8-17(21)11-18(16)22/h4-8,11,15H,9-10,12H2,1-3H3,(H,23,24)/t15-/m0/s1. The van der Waals surface area contributed by atoms with Crippen LogP contribution in [0.1, 0.15) is 23.6 Å². The zero-order valence-corrected chi connectivity index (χ0v) is 17.5. The molecule has 2 aromatic rings. The summed E-state index contributed by atoms with van der Waals surface area (Å²) < 4.78 is 5.79. The van der Waals surface area contributed by atoms with Gasteiger partial charge in [0.05, 0.1) is 0 Å². The molecule has 0 unspecified atom stereocenters. The van der Waals surface area contributed by atoms with Crippen LogP contribution in [0.4, 0.5) is 0 Å². The lowest BCUT2D eigenvalue weighted by atomic mass is 10.1. The number of carbonyl (C=O) groups excluding carboxylic acids is 1. The second-order valence-corrected chi connectivity index (χ2v) is 7.99. The Bertz CT molecular complexity index is 767. The van der Waals surface area contributed by atoms with Crippen molar-refractivity contribution in [3.63, 3.8) is 0 Å². The molecule has 0 bridgehead atoms. The Balaban J connectivity index is 1.72. The van der Waals surface area contributed by atoms with E-state index in [1.807, 2.05) is 44.2 Å². The highest BCUT2D eigenvalue weighted by Crippen LogP contribution is 2.24. The maximum Gasteiger partial charge on any atom is 0.260 e. The minimum Gasteiger partial charge on any atom is -0.481 e. The first-order chi connectivity index (χ1) is 12.4. The number of hydrogen-bond acceptors (Lipinski definition) is 3. The molecule has 0 aliphatic carbocycles. The minimum absolute atomic E-state index is 0.115. The van der Waals surface area contributed by atoms with E-state index in [1.165, 1.54) is 0 Å². The summed E-state index contributed by atoms with van der Waals surface area (Å²) in [7, 11) is 0. The average Bonchev–Trinajstić information content (AvgIpc) is 2.60. The minimum atomic E-state index is -0.536. The lowest BCUT2D eigenvalue weighted by Crippen LogP contribution is -2.37. The van der Waals surface area contributed by atoms with E-state index in [1.54, 1.807) is 24.8 Å². The van der Waals surface area contributed by atoms with Gasteiger partial charge in [0.1, 0.15) is 5.75 Å². The van der Waals surface area contributed by atoms with E-state index in [2.05, 4.69) is 5.32 Å². The second-order valence-electron chi connectivity index (χ2n) is 6.04. The number of aryl methyl sites for hydroxylation is 1. The first-order valence-electron chi connectivity index (χ1n) is 8.40. The topological polar surface area (TPSA) is 38.3 Å². The van der Waals surface area contributed by atoms with Crippen LogP contribution in [0, 0.1) is 13.8 Å². The summed E-state index contributed by atoms with van der Waals surface area (Å²) in [6.45, 7) is 6.36. The third-order valence-corrected chi connectivity index (χ3v) is 5.64. The SMILES string of the molecule is Cc1cccc(O[C@@H](C)C(=O)NCCSCc2ccc(Cl)cc2Cl)c1C. The summed E-state index contributed by atoms with van der Waals surface area (Å²) in [6, 6.07) is 11.3. The molecule has 0 fully saturated rings. The number of rotatable bonds is 8. The maximum absolute atomic E-state index is 12.2. The van der Waals surface area contributed by atoms with Crippen molar-refractivity contribution < 1.29 is 9.53 Å². The number of benzene rings is 2. The van der Waals surface area contributed by atoms with Gasteiger partial charge in [0.2, 0.25) is 0 Å². The van der Waals surface area contributed by atoms with Crippen molar-refractivity contribution in [2.75, 3.05) is 12.3 Å². The van der Waals surface area contributed by atoms with E-state index in [4.69, 9.17) is 27.9 Å². The first-order valence-corrected chi connectivity index (χ1v) is 10.3. The quantitative estimate of drug-likeness (QED) is 0.588. The van der Waals surface area contributed by atoms with Crippen LogP contribution in [0.15, 0.2) is 36.4 Å². The molecule has 0 aliphatic heterocycles. The number of thioether (sulfide) groups is 1. The van der Waals surface area contributed by atoms with Gasteiger partial charge in [0.15, 0.2) is 6.10 Å². The Labute approximate surface area is 169 Å². The Morgan fingerprint density at radius 2 is 2.00 bits per heavy atom. The van der Waals surface area contributed by atoms with E-state index in [-0.39, 0.29) is 5.91 Å². The molecular weight excluding hydrogens is 389 g/mol. The molecule has 2 aromatic carbocycles. The molecule has 2 rings (SSSR count). The molecule has 0 aromatic heterocycles. The van der Waals surface area contributed by atoms with Crippen LogP contribution < -0.4 is 10.1 Å². The molecule has 1 atom stereocenters. The van der Waals surface area contributed by atoms with Gasteiger partial charge in [-0.3, -0.25) is 4.79 Å². The lowest BCUT2D eigenvalue weighted by molar-refractivity contribution is -0.127. The Morgan fingerprint density at radius 1 is 1.23 bits per heavy atom. The normalized spacial score (nSPS) is 11.9. The van der Waals surface area contributed by atoms with E-state index < -0.39 is 6.10 Å². The molecule has 0 radical (unpaired) electrons. The van der Waals surface area contributed by atoms with Crippen LogP contribution in [0.2, 0.25) is 10.0 Å². The largest absolute Gasteiger partial charge is 0.481 e. The van der Waals surface area contributed by atoms with Crippen molar-refractivity contribution in [2.24, 2.45) is 0 Å². The lowest BCUT2D eigenvalue weighted by Gasteiger charge is -2.17. The van der Waals surface area contributed by atoms with Crippen LogP contribution in [-0.2, 0) is 10.5 Å². The summed E-state index contributed by atoms with van der Waals surface area (Å²) in [5.41, 5.74) is 3.24. The summed E-state index contributed by atoms with van der Waals surface area (Å²) in [6.07, 6.45) is -0.536. The second kappa shape index (κ2) is 10.1. The average molecular weight is 412 g/mol. The van der Waals surface area contributed by atoms with Gasteiger partial charge in [-0.05, 0) is 55.7 Å². The number of amides is 1. The Morgan fingerprint density at radius 3 is 2.73 bits per heavy atom. The molecule has 3 nitrogen and oxygen atoms in total. The highest BCUT2D eigenvalue weighted by molar-refractivity contribution is 7.98. The van der Waals surface area contributed by atoms with Gasteiger partial charge in [0.25, 0.3) is 5.91 Å². The molecule has 0 spiro atoms. The molecule has 0 heterocycles. The van der Waals surface area contributed by atoms with Crippen LogP contribution >= 0.6 is 35.0 Å². The Hall–Kier alpha value is -1.36. The van der Waals surface area contributed by atoms with Crippen molar-refractivity contribution in [3.8, 4) is 5.75 Å². The molecule has 1 N–H and O–H groups in total. The molecule has 0 saturated carbocycles. The molecule has 1 amide bonds. The van der Waals surface area contributed by atoms with E-state index in [0.29, 0.717) is 16.6 Å². The number of ether oxygens (including phenoxy) is 1. The third kappa shape index (κ3) is 6.11. The van der Waals surface area contributed by atoms with Crippen LogP contribution in [0.5, 0.6) is 5.75 Å². The zero-order valence-electron chi connectivity index (χ0n) is 15.1.